The number of hydrogen-bond acceptors (Lipinski definition) is 2. The molecule has 3 rings (SSSR count). The zero-order valence-corrected chi connectivity index (χ0v) is 13.4. The maximum atomic E-state index is 12.8. The van der Waals surface area contributed by atoms with Gasteiger partial charge in [-0.3, -0.25) is 4.79 Å². The minimum Gasteiger partial charge on any atom is -0.495 e. The lowest BCUT2D eigenvalue weighted by Gasteiger charge is -2.22. The van der Waals surface area contributed by atoms with Gasteiger partial charge >= 0.3 is 0 Å². The van der Waals surface area contributed by atoms with Crippen molar-refractivity contribution in [3.05, 3.63) is 64.2 Å². The highest BCUT2D eigenvalue weighted by atomic mass is 35.5. The highest BCUT2D eigenvalue weighted by Gasteiger charge is 2.31. The highest BCUT2D eigenvalue weighted by molar-refractivity contribution is 6.32. The number of likely N-dealkylation sites (N-methyl/N-ethyl adjacent to an activating group) is 1. The third-order valence-electron chi connectivity index (χ3n) is 4.20. The largest absolute Gasteiger partial charge is 0.495 e. The molecule has 2 aromatic carbocycles. The van der Waals surface area contributed by atoms with Gasteiger partial charge in [0.1, 0.15) is 5.75 Å². The minimum atomic E-state index is -0.310. The van der Waals surface area contributed by atoms with Gasteiger partial charge in [-0.1, -0.05) is 41.9 Å². The van der Waals surface area contributed by atoms with Crippen LogP contribution in [0.25, 0.3) is 0 Å². The Morgan fingerprint density at radius 2 is 1.95 bits per heavy atom. The quantitative estimate of drug-likeness (QED) is 0.849. The summed E-state index contributed by atoms with van der Waals surface area (Å²) in [6.45, 7) is 0.692. The predicted octanol–water partition coefficient (Wildman–Crippen LogP) is 3.50. The summed E-state index contributed by atoms with van der Waals surface area (Å²) in [4.78, 5) is 14.6. The third kappa shape index (κ3) is 2.57. The Morgan fingerprint density at radius 1 is 1.23 bits per heavy atom. The molecule has 0 fully saturated rings. The lowest BCUT2D eigenvalue weighted by molar-refractivity contribution is -0.130. The van der Waals surface area contributed by atoms with Crippen LogP contribution in [0.4, 0.5) is 0 Å². The fraction of sp³-hybridized carbons (Fsp3) is 0.278. The molecule has 0 saturated heterocycles. The van der Waals surface area contributed by atoms with E-state index in [9.17, 15) is 4.79 Å². The summed E-state index contributed by atoms with van der Waals surface area (Å²) in [6.07, 6.45) is 0.796. The topological polar surface area (TPSA) is 29.5 Å². The Kier molecular flexibility index (Phi) is 4.08. The van der Waals surface area contributed by atoms with Gasteiger partial charge in [0, 0.05) is 13.6 Å². The molecule has 0 N–H and O–H groups in total. The van der Waals surface area contributed by atoms with Crippen LogP contribution in [0.3, 0.4) is 0 Å². The van der Waals surface area contributed by atoms with E-state index in [2.05, 4.69) is 0 Å². The van der Waals surface area contributed by atoms with Crippen molar-refractivity contribution < 1.29 is 9.53 Å². The molecular weight excluding hydrogens is 298 g/mol. The van der Waals surface area contributed by atoms with Crippen molar-refractivity contribution in [3.8, 4) is 5.75 Å². The second kappa shape index (κ2) is 6.01. The average molecular weight is 316 g/mol. The first-order chi connectivity index (χ1) is 10.6. The minimum absolute atomic E-state index is 0.106. The Labute approximate surface area is 135 Å². The summed E-state index contributed by atoms with van der Waals surface area (Å²) < 4.78 is 5.34. The van der Waals surface area contributed by atoms with Gasteiger partial charge in [-0.15, -0.1) is 0 Å². The molecule has 1 heterocycles. The van der Waals surface area contributed by atoms with Crippen LogP contribution in [-0.4, -0.2) is 31.5 Å². The van der Waals surface area contributed by atoms with Gasteiger partial charge < -0.3 is 9.64 Å². The number of carbonyl (C=O) groups is 1. The number of rotatable bonds is 2. The van der Waals surface area contributed by atoms with Crippen LogP contribution in [-0.2, 0) is 11.2 Å². The molecule has 0 unspecified atom stereocenters. The van der Waals surface area contributed by atoms with Gasteiger partial charge in [0.25, 0.3) is 0 Å². The molecule has 114 valence electrons. The van der Waals surface area contributed by atoms with Crippen molar-refractivity contribution in [1.29, 1.82) is 0 Å². The van der Waals surface area contributed by atoms with E-state index < -0.39 is 0 Å². The molecule has 0 radical (unpaired) electrons. The van der Waals surface area contributed by atoms with Crippen LogP contribution in [0, 0.1) is 0 Å². The van der Waals surface area contributed by atoms with Crippen molar-refractivity contribution in [2.75, 3.05) is 20.7 Å². The van der Waals surface area contributed by atoms with Gasteiger partial charge in [0.15, 0.2) is 0 Å². The van der Waals surface area contributed by atoms with E-state index in [1.807, 2.05) is 49.5 Å². The van der Waals surface area contributed by atoms with E-state index in [0.717, 1.165) is 23.1 Å². The van der Waals surface area contributed by atoms with Crippen molar-refractivity contribution in [1.82, 2.24) is 4.90 Å². The third-order valence-corrected chi connectivity index (χ3v) is 4.49. The fourth-order valence-corrected chi connectivity index (χ4v) is 3.23. The van der Waals surface area contributed by atoms with Gasteiger partial charge in [0.2, 0.25) is 5.91 Å². The van der Waals surface area contributed by atoms with Crippen molar-refractivity contribution in [3.63, 3.8) is 0 Å². The standard InChI is InChI=1S/C18H18ClNO2/c1-20-9-8-13-10-15(19)16(22-2)11-14(13)17(18(20)21)12-6-4-3-5-7-12/h3-7,10-11,17H,8-9H2,1-2H3/t17-/m1/s1. The molecule has 4 heteroatoms. The lowest BCUT2D eigenvalue weighted by atomic mass is 9.87. The number of benzene rings is 2. The first-order valence-corrected chi connectivity index (χ1v) is 7.66. The molecule has 22 heavy (non-hydrogen) atoms. The Hall–Kier alpha value is -2.00. The van der Waals surface area contributed by atoms with Crippen LogP contribution in [0.5, 0.6) is 5.75 Å². The molecule has 0 aromatic heterocycles. The number of fused-ring (bicyclic) bond motifs is 1. The predicted molar refractivity (Wildman–Crippen MR) is 87.6 cm³/mol. The van der Waals surface area contributed by atoms with E-state index in [1.54, 1.807) is 12.0 Å². The van der Waals surface area contributed by atoms with Gasteiger partial charge in [0.05, 0.1) is 18.1 Å². The molecule has 3 nitrogen and oxygen atoms in total. The number of nitrogens with zero attached hydrogens (tertiary/aromatic N) is 1. The summed E-state index contributed by atoms with van der Waals surface area (Å²) in [5.74, 6) is 0.405. The van der Waals surface area contributed by atoms with Crippen LogP contribution >= 0.6 is 11.6 Å². The molecule has 0 bridgehead atoms. The Bertz CT molecular complexity index is 700. The Morgan fingerprint density at radius 3 is 2.64 bits per heavy atom. The van der Waals surface area contributed by atoms with E-state index in [-0.39, 0.29) is 11.8 Å². The molecule has 1 atom stereocenters. The van der Waals surface area contributed by atoms with Crippen LogP contribution in [0.1, 0.15) is 22.6 Å². The van der Waals surface area contributed by atoms with E-state index >= 15 is 0 Å². The molecule has 1 aliphatic rings. The first-order valence-electron chi connectivity index (χ1n) is 7.28. The number of carbonyl (C=O) groups excluding carboxylic acids is 1. The summed E-state index contributed by atoms with van der Waals surface area (Å²) in [6, 6.07) is 13.7. The maximum Gasteiger partial charge on any atom is 0.234 e. The number of amides is 1. The molecule has 1 aliphatic heterocycles. The monoisotopic (exact) mass is 315 g/mol. The normalized spacial score (nSPS) is 17.9. The maximum absolute atomic E-state index is 12.8. The second-order valence-corrected chi connectivity index (χ2v) is 5.95. The smallest absolute Gasteiger partial charge is 0.234 e. The first kappa shape index (κ1) is 14.9. The molecular formula is C18H18ClNO2. The molecule has 0 spiro atoms. The number of methoxy groups -OCH3 is 1. The van der Waals surface area contributed by atoms with Gasteiger partial charge in [-0.2, -0.15) is 0 Å². The zero-order chi connectivity index (χ0) is 15.7. The van der Waals surface area contributed by atoms with Crippen LogP contribution in [0.2, 0.25) is 5.02 Å². The second-order valence-electron chi connectivity index (χ2n) is 5.54. The van der Waals surface area contributed by atoms with Crippen LogP contribution < -0.4 is 4.74 Å². The van der Waals surface area contributed by atoms with Crippen molar-refractivity contribution >= 4 is 17.5 Å². The summed E-state index contributed by atoms with van der Waals surface area (Å²) in [5.41, 5.74) is 3.09. The van der Waals surface area contributed by atoms with Gasteiger partial charge in [-0.25, -0.2) is 0 Å². The number of halogens is 1. The molecule has 2 aromatic rings. The van der Waals surface area contributed by atoms with Crippen molar-refractivity contribution in [2.45, 2.75) is 12.3 Å². The number of hydrogen-bond donors (Lipinski definition) is 0. The summed E-state index contributed by atoms with van der Waals surface area (Å²) in [5, 5.41) is 0.588. The molecule has 0 aliphatic carbocycles. The van der Waals surface area contributed by atoms with E-state index in [4.69, 9.17) is 16.3 Å². The SMILES string of the molecule is COc1cc2c(cc1Cl)CCN(C)C(=O)[C@@H]2c1ccccc1. The lowest BCUT2D eigenvalue weighted by Crippen LogP contribution is -2.31. The van der Waals surface area contributed by atoms with E-state index in [0.29, 0.717) is 17.3 Å². The Balaban J connectivity index is 2.20. The molecule has 0 saturated carbocycles. The summed E-state index contributed by atoms with van der Waals surface area (Å²) in [7, 11) is 3.44. The fourth-order valence-electron chi connectivity index (χ4n) is 2.97. The average Bonchev–Trinajstić information content (AvgIpc) is 2.65. The van der Waals surface area contributed by atoms with Crippen molar-refractivity contribution in [2.24, 2.45) is 0 Å². The molecule has 1 amide bonds. The highest BCUT2D eigenvalue weighted by Crippen LogP contribution is 2.37. The van der Waals surface area contributed by atoms with Crippen LogP contribution in [0.15, 0.2) is 42.5 Å². The number of ether oxygens (including phenoxy) is 1. The summed E-state index contributed by atoms with van der Waals surface area (Å²) >= 11 is 6.26. The zero-order valence-electron chi connectivity index (χ0n) is 12.7. The van der Waals surface area contributed by atoms with E-state index in [1.165, 1.54) is 0 Å². The van der Waals surface area contributed by atoms with Gasteiger partial charge in [-0.05, 0) is 35.2 Å².